The summed E-state index contributed by atoms with van der Waals surface area (Å²) in [6.07, 6.45) is 1.34. The average Bonchev–Trinajstić information content (AvgIpc) is 3.12. The van der Waals surface area contributed by atoms with E-state index < -0.39 is 11.0 Å². The molecule has 0 saturated heterocycles. The Labute approximate surface area is 140 Å². The molecule has 24 heavy (non-hydrogen) atoms. The summed E-state index contributed by atoms with van der Waals surface area (Å²) in [6.45, 7) is 0.254. The molecule has 0 fully saturated rings. The van der Waals surface area contributed by atoms with Crippen molar-refractivity contribution in [2.45, 2.75) is 6.04 Å². The van der Waals surface area contributed by atoms with Crippen molar-refractivity contribution in [1.29, 1.82) is 0 Å². The Morgan fingerprint density at radius 3 is 2.96 bits per heavy atom. The van der Waals surface area contributed by atoms with E-state index in [1.165, 1.54) is 34.3 Å². The predicted octanol–water partition coefficient (Wildman–Crippen LogP) is 1.42. The van der Waals surface area contributed by atoms with Crippen LogP contribution in [0.4, 0.5) is 5.69 Å². The van der Waals surface area contributed by atoms with Crippen molar-refractivity contribution in [1.82, 2.24) is 19.5 Å². The number of aromatic hydroxyl groups is 1. The van der Waals surface area contributed by atoms with Crippen LogP contribution in [0.5, 0.6) is 5.88 Å². The van der Waals surface area contributed by atoms with E-state index in [1.54, 1.807) is 19.2 Å². The maximum atomic E-state index is 11.1. The molecule has 2 aromatic heterocycles. The third kappa shape index (κ3) is 2.82. The Hall–Kier alpha value is -2.56. The molecule has 0 aliphatic heterocycles. The van der Waals surface area contributed by atoms with Crippen molar-refractivity contribution in [2.24, 2.45) is 0 Å². The molecule has 10 heteroatoms. The lowest BCUT2D eigenvalue weighted by atomic mass is 10.0. The first-order chi connectivity index (χ1) is 11.5. The molecule has 1 unspecified atom stereocenters. The molecule has 0 spiro atoms. The van der Waals surface area contributed by atoms with Gasteiger partial charge in [-0.25, -0.2) is 4.98 Å². The number of aliphatic hydroxyl groups excluding tert-OH is 1. The minimum Gasteiger partial charge on any atom is -0.492 e. The van der Waals surface area contributed by atoms with Crippen LogP contribution in [0, 0.1) is 10.1 Å². The number of rotatable bonds is 6. The van der Waals surface area contributed by atoms with Crippen LogP contribution in [-0.2, 0) is 0 Å². The van der Waals surface area contributed by atoms with Gasteiger partial charge in [-0.3, -0.25) is 15.0 Å². The molecule has 9 nitrogen and oxygen atoms in total. The maximum absolute atomic E-state index is 11.1. The van der Waals surface area contributed by atoms with Gasteiger partial charge in [0, 0.05) is 18.7 Å². The number of hydrogen-bond donors (Lipinski definition) is 2. The van der Waals surface area contributed by atoms with E-state index in [9.17, 15) is 20.3 Å². The minimum atomic E-state index is -0.467. The zero-order valence-corrected chi connectivity index (χ0v) is 13.6. The Morgan fingerprint density at radius 2 is 2.29 bits per heavy atom. The minimum absolute atomic E-state index is 0.0335. The van der Waals surface area contributed by atoms with Crippen LogP contribution in [0.15, 0.2) is 30.6 Å². The summed E-state index contributed by atoms with van der Waals surface area (Å²) in [5.41, 5.74) is 0.605. The lowest BCUT2D eigenvalue weighted by Crippen LogP contribution is -2.28. The highest BCUT2D eigenvalue weighted by atomic mass is 32.1. The molecular formula is C14H15N5O4S. The molecule has 0 saturated carbocycles. The van der Waals surface area contributed by atoms with Gasteiger partial charge in [0.1, 0.15) is 6.33 Å². The van der Waals surface area contributed by atoms with E-state index in [-0.39, 0.29) is 18.2 Å². The molecule has 126 valence electrons. The first kappa shape index (κ1) is 16.3. The highest BCUT2D eigenvalue weighted by molar-refractivity contribution is 7.17. The number of aromatic nitrogens is 3. The Balaban J connectivity index is 2.13. The number of fused-ring (bicyclic) bond motifs is 1. The number of thiazole rings is 1. The van der Waals surface area contributed by atoms with E-state index in [4.69, 9.17) is 0 Å². The van der Waals surface area contributed by atoms with Gasteiger partial charge >= 0.3 is 0 Å². The SMILES string of the molecule is CN(CCO)C(c1cccc([N+](=O)[O-])c1)c1sc2ncnn2c1O. The average molecular weight is 349 g/mol. The molecule has 0 aliphatic rings. The standard InChI is InChI=1S/C14H15N5O4S/c1-17(5-6-20)11(9-3-2-4-10(7-9)19(22)23)12-13(21)18-14(24-12)15-8-16-18/h2-4,7-8,11,20-21H,5-6H2,1H3. The van der Waals surface area contributed by atoms with Gasteiger partial charge in [-0.15, -0.1) is 0 Å². The Morgan fingerprint density at radius 1 is 1.50 bits per heavy atom. The summed E-state index contributed by atoms with van der Waals surface area (Å²) in [6, 6.07) is 5.76. The fraction of sp³-hybridized carbons (Fsp3) is 0.286. The van der Waals surface area contributed by atoms with E-state index in [0.717, 1.165) is 0 Å². The number of nitro benzene ring substituents is 1. The molecule has 0 aliphatic carbocycles. The molecule has 0 radical (unpaired) electrons. The van der Waals surface area contributed by atoms with Crippen molar-refractivity contribution < 1.29 is 15.1 Å². The summed E-state index contributed by atoms with van der Waals surface area (Å²) in [5, 5.41) is 34.7. The second-order valence-corrected chi connectivity index (χ2v) is 6.21. The van der Waals surface area contributed by atoms with Crippen LogP contribution in [0.25, 0.3) is 4.96 Å². The molecule has 2 N–H and O–H groups in total. The normalized spacial score (nSPS) is 12.8. The van der Waals surface area contributed by atoms with Crippen molar-refractivity contribution in [3.05, 3.63) is 51.1 Å². The number of benzene rings is 1. The number of hydrogen-bond acceptors (Lipinski definition) is 8. The molecule has 3 rings (SSSR count). The fourth-order valence-corrected chi connectivity index (χ4v) is 3.70. The molecule has 1 aromatic carbocycles. The summed E-state index contributed by atoms with van der Waals surface area (Å²) in [4.78, 5) is 17.5. The van der Waals surface area contributed by atoms with Gasteiger partial charge in [-0.1, -0.05) is 23.5 Å². The second kappa shape index (κ2) is 6.51. The summed E-state index contributed by atoms with van der Waals surface area (Å²) >= 11 is 1.25. The van der Waals surface area contributed by atoms with E-state index >= 15 is 0 Å². The lowest BCUT2D eigenvalue weighted by Gasteiger charge is -2.26. The van der Waals surface area contributed by atoms with Crippen molar-refractivity contribution in [3.8, 4) is 5.88 Å². The van der Waals surface area contributed by atoms with Crippen LogP contribution in [0.1, 0.15) is 16.5 Å². The predicted molar refractivity (Wildman–Crippen MR) is 87.2 cm³/mol. The number of likely N-dealkylation sites (N-methyl/N-ethyl adjacent to an activating group) is 1. The largest absolute Gasteiger partial charge is 0.492 e. The smallest absolute Gasteiger partial charge is 0.269 e. The van der Waals surface area contributed by atoms with Gasteiger partial charge in [0.15, 0.2) is 0 Å². The highest BCUT2D eigenvalue weighted by Gasteiger charge is 2.28. The lowest BCUT2D eigenvalue weighted by molar-refractivity contribution is -0.384. The van der Waals surface area contributed by atoms with Crippen LogP contribution in [-0.4, -0.2) is 54.8 Å². The summed E-state index contributed by atoms with van der Waals surface area (Å²) in [7, 11) is 1.77. The third-order valence-electron chi connectivity index (χ3n) is 3.68. The number of nitro groups is 1. The van der Waals surface area contributed by atoms with Crippen LogP contribution in [0.3, 0.4) is 0 Å². The monoisotopic (exact) mass is 349 g/mol. The van der Waals surface area contributed by atoms with Gasteiger partial charge in [-0.05, 0) is 12.6 Å². The quantitative estimate of drug-likeness (QED) is 0.510. The van der Waals surface area contributed by atoms with Gasteiger partial charge in [0.05, 0.1) is 22.4 Å². The molecule has 1 atom stereocenters. The topological polar surface area (TPSA) is 117 Å². The molecule has 2 heterocycles. The van der Waals surface area contributed by atoms with Crippen molar-refractivity contribution in [3.63, 3.8) is 0 Å². The van der Waals surface area contributed by atoms with E-state index in [2.05, 4.69) is 10.1 Å². The fourth-order valence-electron chi connectivity index (χ4n) is 2.57. The maximum Gasteiger partial charge on any atom is 0.269 e. The zero-order valence-electron chi connectivity index (χ0n) is 12.7. The molecular weight excluding hydrogens is 334 g/mol. The van der Waals surface area contributed by atoms with Crippen LogP contribution >= 0.6 is 11.3 Å². The summed E-state index contributed by atoms with van der Waals surface area (Å²) < 4.78 is 1.32. The Kier molecular flexibility index (Phi) is 4.42. The van der Waals surface area contributed by atoms with Crippen molar-refractivity contribution in [2.75, 3.05) is 20.2 Å². The first-order valence-electron chi connectivity index (χ1n) is 7.09. The van der Waals surface area contributed by atoms with Gasteiger partial charge in [0.2, 0.25) is 10.8 Å². The second-order valence-electron chi connectivity index (χ2n) is 5.20. The van der Waals surface area contributed by atoms with Gasteiger partial charge < -0.3 is 10.2 Å². The molecule has 0 bridgehead atoms. The van der Waals surface area contributed by atoms with Crippen LogP contribution in [0.2, 0.25) is 0 Å². The zero-order chi connectivity index (χ0) is 17.3. The first-order valence-corrected chi connectivity index (χ1v) is 7.91. The molecule has 0 amide bonds. The summed E-state index contributed by atoms with van der Waals surface area (Å²) in [5.74, 6) is -0.0613. The third-order valence-corrected chi connectivity index (χ3v) is 4.76. The van der Waals surface area contributed by atoms with E-state index in [1.807, 2.05) is 4.90 Å². The number of non-ortho nitro benzene ring substituents is 1. The van der Waals surface area contributed by atoms with Gasteiger partial charge in [0.25, 0.3) is 5.69 Å². The van der Waals surface area contributed by atoms with Crippen LogP contribution < -0.4 is 0 Å². The number of aliphatic hydroxyl groups is 1. The number of nitrogens with zero attached hydrogens (tertiary/aromatic N) is 5. The van der Waals surface area contributed by atoms with E-state index in [0.29, 0.717) is 21.9 Å². The van der Waals surface area contributed by atoms with Crippen molar-refractivity contribution >= 4 is 22.0 Å². The highest BCUT2D eigenvalue weighted by Crippen LogP contribution is 2.39. The Bertz CT molecular complexity index is 877. The van der Waals surface area contributed by atoms with Gasteiger partial charge in [-0.2, -0.15) is 9.61 Å². The molecule has 3 aromatic rings.